The molecule has 6 heteroatoms. The molecule has 0 bridgehead atoms. The molecule has 23 heavy (non-hydrogen) atoms. The first-order chi connectivity index (χ1) is 11.0. The average molecular weight is 377 g/mol. The van der Waals surface area contributed by atoms with Crippen molar-refractivity contribution in [3.05, 3.63) is 58.7 Å². The average Bonchev–Trinajstić information content (AvgIpc) is 2.82. The topological polar surface area (TPSA) is 46.3 Å². The van der Waals surface area contributed by atoms with Gasteiger partial charge in [0.1, 0.15) is 11.5 Å². The van der Waals surface area contributed by atoms with E-state index >= 15 is 0 Å². The Morgan fingerprint density at radius 1 is 1.52 bits per heavy atom. The molecule has 118 valence electrons. The van der Waals surface area contributed by atoms with Crippen molar-refractivity contribution in [2.75, 3.05) is 11.4 Å². The molecule has 0 saturated carbocycles. The van der Waals surface area contributed by atoms with Gasteiger partial charge in [0, 0.05) is 23.7 Å². The lowest BCUT2D eigenvalue weighted by Gasteiger charge is -2.22. The second kappa shape index (κ2) is 6.12. The molecule has 0 radical (unpaired) electrons. The lowest BCUT2D eigenvalue weighted by atomic mass is 10.1. The summed E-state index contributed by atoms with van der Waals surface area (Å²) >= 11 is 3.30. The molecule has 0 fully saturated rings. The molecule has 0 aromatic carbocycles. The molecule has 3 rings (SSSR count). The van der Waals surface area contributed by atoms with Crippen molar-refractivity contribution >= 4 is 27.5 Å². The number of fused-ring (bicyclic) bond motifs is 3. The first kappa shape index (κ1) is 15.7. The molecule has 1 amide bonds. The molecule has 1 aliphatic rings. The fourth-order valence-electron chi connectivity index (χ4n) is 2.60. The largest absolute Gasteiger partial charge is 0.447 e. The number of carbonyl (C=O) groups is 1. The summed E-state index contributed by atoms with van der Waals surface area (Å²) in [5.41, 5.74) is 2.10. The van der Waals surface area contributed by atoms with Crippen molar-refractivity contribution in [2.45, 2.75) is 13.3 Å². The lowest BCUT2D eigenvalue weighted by Crippen LogP contribution is -2.33. The number of amides is 1. The van der Waals surface area contributed by atoms with Crippen LogP contribution in [0.5, 0.6) is 0 Å². The molecule has 1 aliphatic heterocycles. The number of allylic oxidation sites excluding steroid dienone is 1. The molecule has 0 N–H and O–H groups in total. The predicted octanol–water partition coefficient (Wildman–Crippen LogP) is 4.26. The molecule has 4 nitrogen and oxygen atoms in total. The highest BCUT2D eigenvalue weighted by molar-refractivity contribution is 9.10. The summed E-state index contributed by atoms with van der Waals surface area (Å²) in [4.78, 5) is 18.3. The molecule has 0 spiro atoms. The van der Waals surface area contributed by atoms with Crippen LogP contribution in [0.25, 0.3) is 11.5 Å². The Labute approximate surface area is 141 Å². The highest BCUT2D eigenvalue weighted by Crippen LogP contribution is 2.38. The van der Waals surface area contributed by atoms with Crippen molar-refractivity contribution in [2.24, 2.45) is 0 Å². The number of halogens is 2. The first-order valence-electron chi connectivity index (χ1n) is 7.09. The van der Waals surface area contributed by atoms with Crippen LogP contribution < -0.4 is 4.90 Å². The molecule has 0 unspecified atom stereocenters. The van der Waals surface area contributed by atoms with Crippen molar-refractivity contribution in [1.82, 2.24) is 4.98 Å². The number of carbonyl (C=O) groups excluding carboxylic acids is 1. The minimum absolute atomic E-state index is 0.277. The number of pyridine rings is 1. The molecule has 0 saturated heterocycles. The fourth-order valence-corrected chi connectivity index (χ4v) is 3.04. The van der Waals surface area contributed by atoms with E-state index in [1.807, 2.05) is 13.0 Å². The minimum Gasteiger partial charge on any atom is -0.447 e. The molecule has 0 aliphatic carbocycles. The smallest absolute Gasteiger partial charge is 0.257 e. The van der Waals surface area contributed by atoms with E-state index in [0.29, 0.717) is 40.3 Å². The third kappa shape index (κ3) is 2.86. The quantitative estimate of drug-likeness (QED) is 0.580. The van der Waals surface area contributed by atoms with E-state index in [9.17, 15) is 9.18 Å². The Balaban J connectivity index is 2.13. The summed E-state index contributed by atoms with van der Waals surface area (Å²) in [6.45, 7) is 5.98. The van der Waals surface area contributed by atoms with Crippen molar-refractivity contribution in [1.29, 1.82) is 0 Å². The van der Waals surface area contributed by atoms with Gasteiger partial charge in [-0.25, -0.2) is 9.37 Å². The standard InChI is InChI=1S/C17H14BrFN2O2/c1-3-4-10(2)17(22)21-6-5-11-7-14(18)23-16(11)15-13(21)8-12(19)9-20-15/h3-4,7-9H,2,5-6H2,1H3/b4-3-. The van der Waals surface area contributed by atoms with Gasteiger partial charge in [0.05, 0.1) is 11.9 Å². The zero-order valence-electron chi connectivity index (χ0n) is 12.5. The molecule has 3 heterocycles. The molecule has 2 aromatic rings. The van der Waals surface area contributed by atoms with Gasteiger partial charge in [-0.15, -0.1) is 0 Å². The van der Waals surface area contributed by atoms with Crippen molar-refractivity contribution < 1.29 is 13.6 Å². The Hall–Kier alpha value is -2.21. The summed E-state index contributed by atoms with van der Waals surface area (Å²) in [5.74, 6) is -0.230. The monoisotopic (exact) mass is 376 g/mol. The number of rotatable bonds is 2. The van der Waals surface area contributed by atoms with Gasteiger partial charge in [0.25, 0.3) is 5.91 Å². The summed E-state index contributed by atoms with van der Waals surface area (Å²) in [6.07, 6.45) is 5.07. The van der Waals surface area contributed by atoms with Crippen LogP contribution in [-0.4, -0.2) is 17.4 Å². The summed E-state index contributed by atoms with van der Waals surface area (Å²) in [7, 11) is 0. The maximum absolute atomic E-state index is 13.7. The number of hydrogen-bond donors (Lipinski definition) is 0. The van der Waals surface area contributed by atoms with Crippen LogP contribution >= 0.6 is 15.9 Å². The Morgan fingerprint density at radius 3 is 3.04 bits per heavy atom. The number of aromatic nitrogens is 1. The van der Waals surface area contributed by atoms with Gasteiger partial charge in [-0.1, -0.05) is 18.7 Å². The summed E-state index contributed by atoms with van der Waals surface area (Å²) in [6, 6.07) is 3.15. The Kier molecular flexibility index (Phi) is 4.17. The van der Waals surface area contributed by atoms with Gasteiger partial charge in [-0.3, -0.25) is 4.79 Å². The van der Waals surface area contributed by atoms with E-state index < -0.39 is 5.82 Å². The summed E-state index contributed by atoms with van der Waals surface area (Å²) < 4.78 is 19.9. The zero-order chi connectivity index (χ0) is 16.6. The second-order valence-corrected chi connectivity index (χ2v) is 5.94. The van der Waals surface area contributed by atoms with E-state index in [1.165, 1.54) is 11.0 Å². The van der Waals surface area contributed by atoms with Gasteiger partial charge in [0.15, 0.2) is 10.4 Å². The van der Waals surface area contributed by atoms with E-state index in [2.05, 4.69) is 27.5 Å². The van der Waals surface area contributed by atoms with E-state index in [0.717, 1.165) is 11.8 Å². The fraction of sp³-hybridized carbons (Fsp3) is 0.176. The number of nitrogens with zero attached hydrogens (tertiary/aromatic N) is 2. The van der Waals surface area contributed by atoms with Crippen LogP contribution in [0.4, 0.5) is 10.1 Å². The number of anilines is 1. The van der Waals surface area contributed by atoms with Gasteiger partial charge in [0.2, 0.25) is 0 Å². The first-order valence-corrected chi connectivity index (χ1v) is 7.88. The minimum atomic E-state index is -0.507. The van der Waals surface area contributed by atoms with Crippen LogP contribution in [0.15, 0.2) is 51.7 Å². The normalized spacial score (nSPS) is 13.6. The highest BCUT2D eigenvalue weighted by atomic mass is 79.9. The zero-order valence-corrected chi connectivity index (χ0v) is 14.1. The van der Waals surface area contributed by atoms with Gasteiger partial charge < -0.3 is 9.32 Å². The number of furan rings is 1. The number of hydrogen-bond acceptors (Lipinski definition) is 3. The SMILES string of the molecule is C=C(/C=C\C)C(=O)N1CCc2cc(Br)oc2-c2ncc(F)cc21. The summed E-state index contributed by atoms with van der Waals surface area (Å²) in [5, 5.41) is 0. The molecule has 2 aromatic heterocycles. The third-order valence-electron chi connectivity index (χ3n) is 3.61. The molecule has 0 atom stereocenters. The third-order valence-corrected chi connectivity index (χ3v) is 4.00. The van der Waals surface area contributed by atoms with E-state index in [1.54, 1.807) is 12.2 Å². The van der Waals surface area contributed by atoms with Gasteiger partial charge in [-0.2, -0.15) is 0 Å². The van der Waals surface area contributed by atoms with Crippen LogP contribution in [0, 0.1) is 5.82 Å². The maximum atomic E-state index is 13.7. The van der Waals surface area contributed by atoms with Crippen LogP contribution in [0.1, 0.15) is 12.5 Å². The van der Waals surface area contributed by atoms with Crippen LogP contribution in [0.3, 0.4) is 0 Å². The predicted molar refractivity (Wildman–Crippen MR) is 89.6 cm³/mol. The Morgan fingerprint density at radius 2 is 2.30 bits per heavy atom. The lowest BCUT2D eigenvalue weighted by molar-refractivity contribution is -0.114. The van der Waals surface area contributed by atoms with Crippen LogP contribution in [0.2, 0.25) is 0 Å². The van der Waals surface area contributed by atoms with E-state index in [-0.39, 0.29) is 5.91 Å². The second-order valence-electron chi connectivity index (χ2n) is 5.16. The van der Waals surface area contributed by atoms with Crippen molar-refractivity contribution in [3.63, 3.8) is 0 Å². The van der Waals surface area contributed by atoms with Gasteiger partial charge >= 0.3 is 0 Å². The maximum Gasteiger partial charge on any atom is 0.257 e. The Bertz CT molecular complexity index is 826. The molecular weight excluding hydrogens is 363 g/mol. The van der Waals surface area contributed by atoms with Gasteiger partial charge in [-0.05, 0) is 35.3 Å². The van der Waals surface area contributed by atoms with Crippen LogP contribution in [-0.2, 0) is 11.2 Å². The van der Waals surface area contributed by atoms with Crippen molar-refractivity contribution in [3.8, 4) is 11.5 Å². The molecular formula is C17H14BrFN2O2. The highest BCUT2D eigenvalue weighted by Gasteiger charge is 2.29. The van der Waals surface area contributed by atoms with E-state index in [4.69, 9.17) is 4.42 Å².